The molecule has 1 heterocycles. The summed E-state index contributed by atoms with van der Waals surface area (Å²) in [6.45, 7) is 8.30. The monoisotopic (exact) mass is 283 g/mol. The van der Waals surface area contributed by atoms with Crippen molar-refractivity contribution in [2.75, 3.05) is 33.2 Å². The highest BCUT2D eigenvalue weighted by Gasteiger charge is 2.25. The van der Waals surface area contributed by atoms with Crippen molar-refractivity contribution in [2.24, 2.45) is 5.92 Å². The largest absolute Gasteiger partial charge is 0.355 e. The van der Waals surface area contributed by atoms with Crippen molar-refractivity contribution >= 4 is 5.91 Å². The summed E-state index contributed by atoms with van der Waals surface area (Å²) in [6, 6.07) is 0.0295. The van der Waals surface area contributed by atoms with E-state index in [-0.39, 0.29) is 11.9 Å². The molecule has 1 rings (SSSR count). The quantitative estimate of drug-likeness (QED) is 0.636. The summed E-state index contributed by atoms with van der Waals surface area (Å²) in [5.41, 5.74) is 0. The minimum Gasteiger partial charge on any atom is -0.355 e. The molecule has 2 N–H and O–H groups in total. The topological polar surface area (TPSA) is 44.4 Å². The summed E-state index contributed by atoms with van der Waals surface area (Å²) >= 11 is 0. The maximum Gasteiger partial charge on any atom is 0.237 e. The molecule has 4 heteroatoms. The van der Waals surface area contributed by atoms with Crippen molar-refractivity contribution in [2.45, 2.75) is 58.4 Å². The standard InChI is InChI=1S/C16H33N3O/c1-4-5-6-10-18-16(20)14(2)19-12-8-15(9-13-19)7-11-17-3/h14-15,17H,4-13H2,1-3H3,(H,18,20). The number of likely N-dealkylation sites (tertiary alicyclic amines) is 1. The fourth-order valence-corrected chi connectivity index (χ4v) is 2.88. The molecule has 0 radical (unpaired) electrons. The van der Waals surface area contributed by atoms with Gasteiger partial charge in [0.15, 0.2) is 0 Å². The van der Waals surface area contributed by atoms with Crippen LogP contribution in [0.2, 0.25) is 0 Å². The van der Waals surface area contributed by atoms with Crippen LogP contribution >= 0.6 is 0 Å². The molecule has 0 aromatic heterocycles. The SMILES string of the molecule is CCCCCNC(=O)C(C)N1CCC(CCNC)CC1. The van der Waals surface area contributed by atoms with E-state index in [1.165, 1.54) is 32.1 Å². The van der Waals surface area contributed by atoms with E-state index in [1.807, 2.05) is 14.0 Å². The third-order valence-corrected chi connectivity index (χ3v) is 4.46. The Kier molecular flexibility index (Phi) is 8.86. The fourth-order valence-electron chi connectivity index (χ4n) is 2.88. The van der Waals surface area contributed by atoms with E-state index in [9.17, 15) is 4.79 Å². The fraction of sp³-hybridized carbons (Fsp3) is 0.938. The highest BCUT2D eigenvalue weighted by atomic mass is 16.2. The first kappa shape index (κ1) is 17.4. The van der Waals surface area contributed by atoms with Crippen LogP contribution in [0.1, 0.15) is 52.4 Å². The van der Waals surface area contributed by atoms with Crippen LogP contribution in [0.15, 0.2) is 0 Å². The molecule has 0 spiro atoms. The number of piperidine rings is 1. The molecule has 0 saturated carbocycles. The van der Waals surface area contributed by atoms with Gasteiger partial charge in [-0.25, -0.2) is 0 Å². The molecule has 1 saturated heterocycles. The maximum atomic E-state index is 12.1. The third kappa shape index (κ3) is 6.23. The average molecular weight is 283 g/mol. The minimum atomic E-state index is 0.0295. The van der Waals surface area contributed by atoms with Gasteiger partial charge in [-0.15, -0.1) is 0 Å². The molecule has 118 valence electrons. The maximum absolute atomic E-state index is 12.1. The molecular weight excluding hydrogens is 250 g/mol. The summed E-state index contributed by atoms with van der Waals surface area (Å²) in [4.78, 5) is 14.4. The van der Waals surface area contributed by atoms with E-state index in [4.69, 9.17) is 0 Å². The van der Waals surface area contributed by atoms with Crippen LogP contribution in [-0.2, 0) is 4.79 Å². The van der Waals surface area contributed by atoms with E-state index in [2.05, 4.69) is 22.5 Å². The van der Waals surface area contributed by atoms with Gasteiger partial charge in [0.05, 0.1) is 6.04 Å². The van der Waals surface area contributed by atoms with Gasteiger partial charge < -0.3 is 10.6 Å². The first-order valence-corrected chi connectivity index (χ1v) is 8.35. The first-order chi connectivity index (χ1) is 9.69. The first-order valence-electron chi connectivity index (χ1n) is 8.35. The molecule has 1 atom stereocenters. The predicted molar refractivity (Wildman–Crippen MR) is 84.8 cm³/mol. The van der Waals surface area contributed by atoms with Gasteiger partial charge in [-0.1, -0.05) is 19.8 Å². The van der Waals surface area contributed by atoms with E-state index < -0.39 is 0 Å². The van der Waals surface area contributed by atoms with Crippen LogP contribution in [0, 0.1) is 5.92 Å². The lowest BCUT2D eigenvalue weighted by molar-refractivity contribution is -0.126. The number of unbranched alkanes of at least 4 members (excludes halogenated alkanes) is 2. The van der Waals surface area contributed by atoms with Gasteiger partial charge >= 0.3 is 0 Å². The van der Waals surface area contributed by atoms with E-state index >= 15 is 0 Å². The number of nitrogens with zero attached hydrogens (tertiary/aromatic N) is 1. The van der Waals surface area contributed by atoms with Gasteiger partial charge in [0.2, 0.25) is 5.91 Å². The molecular formula is C16H33N3O. The number of hydrogen-bond acceptors (Lipinski definition) is 3. The Bertz CT molecular complexity index is 262. The van der Waals surface area contributed by atoms with Gasteiger partial charge in [0, 0.05) is 6.54 Å². The number of hydrogen-bond donors (Lipinski definition) is 2. The molecule has 4 nitrogen and oxygen atoms in total. The zero-order valence-corrected chi connectivity index (χ0v) is 13.6. The van der Waals surface area contributed by atoms with Gasteiger partial charge in [-0.05, 0) is 65.2 Å². The Labute approximate surface area is 124 Å². The zero-order valence-electron chi connectivity index (χ0n) is 13.6. The number of carbonyl (C=O) groups is 1. The van der Waals surface area contributed by atoms with Crippen molar-refractivity contribution in [3.05, 3.63) is 0 Å². The van der Waals surface area contributed by atoms with Crippen LogP contribution in [0.25, 0.3) is 0 Å². The molecule has 1 aliphatic heterocycles. The van der Waals surface area contributed by atoms with Gasteiger partial charge in [-0.3, -0.25) is 9.69 Å². The molecule has 0 bridgehead atoms. The number of amides is 1. The normalized spacial score (nSPS) is 18.9. The Morgan fingerprint density at radius 3 is 2.55 bits per heavy atom. The molecule has 0 aromatic carbocycles. The summed E-state index contributed by atoms with van der Waals surface area (Å²) in [5, 5.41) is 6.29. The summed E-state index contributed by atoms with van der Waals surface area (Å²) < 4.78 is 0. The van der Waals surface area contributed by atoms with Crippen LogP contribution < -0.4 is 10.6 Å². The van der Waals surface area contributed by atoms with Crippen LogP contribution in [0.4, 0.5) is 0 Å². The zero-order chi connectivity index (χ0) is 14.8. The summed E-state index contributed by atoms with van der Waals surface area (Å²) in [7, 11) is 2.01. The van der Waals surface area contributed by atoms with Crippen LogP contribution in [0.3, 0.4) is 0 Å². The lowest BCUT2D eigenvalue weighted by atomic mass is 9.93. The van der Waals surface area contributed by atoms with Crippen molar-refractivity contribution < 1.29 is 4.79 Å². The molecule has 1 aliphatic rings. The number of rotatable bonds is 9. The van der Waals surface area contributed by atoms with Crippen LogP contribution in [-0.4, -0.2) is 50.1 Å². The molecule has 1 amide bonds. The van der Waals surface area contributed by atoms with Crippen LogP contribution in [0.5, 0.6) is 0 Å². The highest BCUT2D eigenvalue weighted by molar-refractivity contribution is 5.81. The van der Waals surface area contributed by atoms with E-state index in [0.717, 1.165) is 38.5 Å². The second-order valence-corrected chi connectivity index (χ2v) is 6.05. The lowest BCUT2D eigenvalue weighted by Gasteiger charge is -2.35. The Morgan fingerprint density at radius 2 is 1.95 bits per heavy atom. The number of carbonyl (C=O) groups excluding carboxylic acids is 1. The number of nitrogens with one attached hydrogen (secondary N) is 2. The Hall–Kier alpha value is -0.610. The Balaban J connectivity index is 2.20. The van der Waals surface area contributed by atoms with Crippen molar-refractivity contribution in [3.63, 3.8) is 0 Å². The summed E-state index contributed by atoms with van der Waals surface area (Å²) in [5.74, 6) is 1.04. The molecule has 1 unspecified atom stereocenters. The minimum absolute atomic E-state index is 0.0295. The van der Waals surface area contributed by atoms with Gasteiger partial charge in [-0.2, -0.15) is 0 Å². The van der Waals surface area contributed by atoms with Gasteiger partial charge in [0.1, 0.15) is 0 Å². The lowest BCUT2D eigenvalue weighted by Crippen LogP contribution is -2.48. The third-order valence-electron chi connectivity index (χ3n) is 4.46. The Morgan fingerprint density at radius 1 is 1.25 bits per heavy atom. The predicted octanol–water partition coefficient (Wildman–Crippen LogP) is 2.00. The second-order valence-electron chi connectivity index (χ2n) is 6.05. The molecule has 20 heavy (non-hydrogen) atoms. The van der Waals surface area contributed by atoms with E-state index in [0.29, 0.717) is 0 Å². The smallest absolute Gasteiger partial charge is 0.237 e. The van der Waals surface area contributed by atoms with Crippen molar-refractivity contribution in [1.82, 2.24) is 15.5 Å². The van der Waals surface area contributed by atoms with Crippen molar-refractivity contribution in [1.29, 1.82) is 0 Å². The second kappa shape index (κ2) is 10.2. The molecule has 0 aliphatic carbocycles. The highest BCUT2D eigenvalue weighted by Crippen LogP contribution is 2.21. The molecule has 0 aromatic rings. The van der Waals surface area contributed by atoms with Gasteiger partial charge in [0.25, 0.3) is 0 Å². The average Bonchev–Trinajstić information content (AvgIpc) is 2.49. The molecule has 1 fully saturated rings. The van der Waals surface area contributed by atoms with E-state index in [1.54, 1.807) is 0 Å². The summed E-state index contributed by atoms with van der Waals surface area (Å²) in [6.07, 6.45) is 7.23. The van der Waals surface area contributed by atoms with Crippen molar-refractivity contribution in [3.8, 4) is 0 Å².